The van der Waals surface area contributed by atoms with Gasteiger partial charge in [-0.2, -0.15) is 9.36 Å². The SMILES string of the molecule is NC(=O)Cc1ccc[n+](CC2=C(C(=O)O)N3C(=O)[C@@H](NC(=O)/C(=N\O)c4nsc(N)n4)[C@H]3SC2)c1. The number of nitrogens with zero attached hydrogens (tertiary/aromatic N) is 5. The van der Waals surface area contributed by atoms with Gasteiger partial charge in [0, 0.05) is 34.5 Å². The maximum atomic E-state index is 12.9. The van der Waals surface area contributed by atoms with E-state index in [0.717, 1.165) is 16.4 Å². The van der Waals surface area contributed by atoms with E-state index in [2.05, 4.69) is 19.8 Å². The molecule has 2 atom stereocenters. The minimum absolute atomic E-state index is 0.0383. The van der Waals surface area contributed by atoms with Crippen LogP contribution in [-0.4, -0.2) is 71.1 Å². The molecule has 0 unspecified atom stereocenters. The lowest BCUT2D eigenvalue weighted by Gasteiger charge is -2.49. The smallest absolute Gasteiger partial charge is 0.352 e. The number of aromatic nitrogens is 3. The van der Waals surface area contributed by atoms with Gasteiger partial charge in [-0.15, -0.1) is 11.8 Å². The average molecular weight is 520 g/mol. The van der Waals surface area contributed by atoms with Gasteiger partial charge in [-0.3, -0.25) is 19.3 Å². The molecule has 4 rings (SSSR count). The van der Waals surface area contributed by atoms with Crippen molar-refractivity contribution in [2.45, 2.75) is 24.4 Å². The molecule has 0 saturated carbocycles. The molecule has 1 fully saturated rings. The number of carboxylic acid groups (broad SMARTS) is 1. The number of fused-ring (bicyclic) bond motifs is 1. The molecule has 3 amide bonds. The number of aliphatic carboxylic acids is 1. The Kier molecular flexibility index (Phi) is 6.65. The maximum absolute atomic E-state index is 12.9. The molecule has 35 heavy (non-hydrogen) atoms. The minimum atomic E-state index is -1.28. The number of rotatable bonds is 8. The molecule has 16 heteroatoms. The lowest BCUT2D eigenvalue weighted by atomic mass is 10.0. The Balaban J connectivity index is 1.52. The lowest BCUT2D eigenvalue weighted by Crippen LogP contribution is -2.71. The number of nitrogen functional groups attached to an aromatic ring is 1. The van der Waals surface area contributed by atoms with Crippen molar-refractivity contribution in [3.05, 3.63) is 47.2 Å². The molecule has 4 heterocycles. The summed E-state index contributed by atoms with van der Waals surface area (Å²) in [5.74, 6) is -3.22. The molecule has 2 aliphatic rings. The summed E-state index contributed by atoms with van der Waals surface area (Å²) < 4.78 is 5.51. The molecule has 0 aromatic carbocycles. The third-order valence-electron chi connectivity index (χ3n) is 5.18. The van der Waals surface area contributed by atoms with Gasteiger partial charge in [-0.1, -0.05) is 5.16 Å². The summed E-state index contributed by atoms with van der Waals surface area (Å²) in [5.41, 5.74) is 11.2. The summed E-state index contributed by atoms with van der Waals surface area (Å²) in [6.07, 6.45) is 3.43. The molecule has 182 valence electrons. The van der Waals surface area contributed by atoms with E-state index >= 15 is 0 Å². The molecule has 2 aromatic rings. The first-order chi connectivity index (χ1) is 16.7. The van der Waals surface area contributed by atoms with Crippen LogP contribution in [0.2, 0.25) is 0 Å². The third kappa shape index (κ3) is 4.78. The van der Waals surface area contributed by atoms with E-state index in [1.807, 2.05) is 0 Å². The predicted octanol–water partition coefficient (Wildman–Crippen LogP) is -1.95. The molecule has 2 aliphatic heterocycles. The zero-order chi connectivity index (χ0) is 25.3. The van der Waals surface area contributed by atoms with Crippen LogP contribution in [0.4, 0.5) is 5.13 Å². The van der Waals surface area contributed by atoms with Crippen molar-refractivity contribution >= 4 is 57.8 Å². The topological polar surface area (TPSA) is 218 Å². The van der Waals surface area contributed by atoms with Crippen LogP contribution in [0.1, 0.15) is 11.4 Å². The fraction of sp³-hybridized carbons (Fsp3) is 0.263. The minimum Gasteiger partial charge on any atom is -0.477 e. The average Bonchev–Trinajstić information content (AvgIpc) is 3.23. The number of amides is 3. The van der Waals surface area contributed by atoms with Gasteiger partial charge in [0.2, 0.25) is 17.4 Å². The van der Waals surface area contributed by atoms with Gasteiger partial charge in [0.15, 0.2) is 24.1 Å². The van der Waals surface area contributed by atoms with Crippen LogP contribution in [0.25, 0.3) is 0 Å². The number of carbonyl (C=O) groups is 4. The Hall–Kier alpha value is -4.05. The predicted molar refractivity (Wildman–Crippen MR) is 122 cm³/mol. The van der Waals surface area contributed by atoms with Gasteiger partial charge in [0.25, 0.3) is 11.8 Å². The highest BCUT2D eigenvalue weighted by Gasteiger charge is 2.54. The normalized spacial score (nSPS) is 19.7. The fourth-order valence-corrected chi connectivity index (χ4v) is 5.51. The van der Waals surface area contributed by atoms with Crippen LogP contribution in [0.3, 0.4) is 0 Å². The second kappa shape index (κ2) is 9.67. The number of hydrogen-bond donors (Lipinski definition) is 5. The van der Waals surface area contributed by atoms with Gasteiger partial charge >= 0.3 is 5.97 Å². The number of anilines is 1. The summed E-state index contributed by atoms with van der Waals surface area (Å²) in [6, 6.07) is 2.40. The quantitative estimate of drug-likeness (QED) is 0.0853. The molecular formula is C19H19N8O6S2+. The highest BCUT2D eigenvalue weighted by atomic mass is 32.2. The van der Waals surface area contributed by atoms with Gasteiger partial charge in [0.05, 0.1) is 6.42 Å². The number of primary amides is 1. The van der Waals surface area contributed by atoms with Crippen molar-refractivity contribution in [3.63, 3.8) is 0 Å². The summed E-state index contributed by atoms with van der Waals surface area (Å²) in [7, 11) is 0. The maximum Gasteiger partial charge on any atom is 0.352 e. The zero-order valence-corrected chi connectivity index (χ0v) is 19.5. The van der Waals surface area contributed by atoms with E-state index in [1.165, 1.54) is 11.8 Å². The third-order valence-corrected chi connectivity index (χ3v) is 7.06. The highest BCUT2D eigenvalue weighted by molar-refractivity contribution is 8.00. The number of oxime groups is 1. The van der Waals surface area contributed by atoms with Crippen LogP contribution in [0.15, 0.2) is 41.0 Å². The largest absolute Gasteiger partial charge is 0.477 e. The van der Waals surface area contributed by atoms with Gasteiger partial charge in [-0.25, -0.2) is 9.36 Å². The van der Waals surface area contributed by atoms with Gasteiger partial charge < -0.3 is 27.1 Å². The number of carbonyl (C=O) groups excluding carboxylic acids is 3. The summed E-state index contributed by atoms with van der Waals surface area (Å²) >= 11 is 2.08. The Morgan fingerprint density at radius 1 is 1.37 bits per heavy atom. The highest BCUT2D eigenvalue weighted by Crippen LogP contribution is 2.40. The molecule has 0 aliphatic carbocycles. The Bertz CT molecular complexity index is 1290. The van der Waals surface area contributed by atoms with E-state index < -0.39 is 40.8 Å². The van der Waals surface area contributed by atoms with E-state index in [0.29, 0.717) is 11.1 Å². The summed E-state index contributed by atoms with van der Waals surface area (Å²) in [5, 5.41) is 23.8. The van der Waals surface area contributed by atoms with Crippen molar-refractivity contribution in [2.75, 3.05) is 11.5 Å². The van der Waals surface area contributed by atoms with Gasteiger partial charge in [-0.05, 0) is 6.07 Å². The monoisotopic (exact) mass is 519 g/mol. The van der Waals surface area contributed by atoms with E-state index in [4.69, 9.17) is 11.5 Å². The van der Waals surface area contributed by atoms with E-state index in [9.17, 15) is 29.5 Å². The summed E-state index contributed by atoms with van der Waals surface area (Å²) in [4.78, 5) is 53.6. The van der Waals surface area contributed by atoms with Crippen LogP contribution >= 0.6 is 23.3 Å². The van der Waals surface area contributed by atoms with Crippen molar-refractivity contribution in [3.8, 4) is 0 Å². The first-order valence-corrected chi connectivity index (χ1v) is 11.8. The number of pyridine rings is 1. The van der Waals surface area contributed by atoms with Crippen LogP contribution in [0.5, 0.6) is 0 Å². The first kappa shape index (κ1) is 24.1. The molecule has 0 bridgehead atoms. The summed E-state index contributed by atoms with van der Waals surface area (Å²) in [6.45, 7) is 0.174. The Morgan fingerprint density at radius 2 is 2.14 bits per heavy atom. The number of β-lactam (4-membered cyclic amide) rings is 1. The molecule has 7 N–H and O–H groups in total. The standard InChI is InChI=1S/C19H18N8O6S2/c20-10(28)4-8-2-1-3-26(5-8)6-9-7-34-17-12(16(30)27(17)13(9)18(31)32)22-15(29)11(24-33)14-23-19(21)35-25-14/h1-3,5,12,17H,4,6-7H2,(H6-,20,21,22,23,25,28,29,31,32,33)/p+1/t12-,17-/m1/s1. The van der Waals surface area contributed by atoms with Crippen molar-refractivity contribution in [2.24, 2.45) is 10.9 Å². The van der Waals surface area contributed by atoms with Crippen molar-refractivity contribution < 1.29 is 34.1 Å². The van der Waals surface area contributed by atoms with E-state index in [-0.39, 0.29) is 35.4 Å². The van der Waals surface area contributed by atoms with E-state index in [1.54, 1.807) is 29.1 Å². The molecule has 0 spiro atoms. The van der Waals surface area contributed by atoms with Crippen LogP contribution in [0, 0.1) is 0 Å². The van der Waals surface area contributed by atoms with Crippen LogP contribution < -0.4 is 21.4 Å². The zero-order valence-electron chi connectivity index (χ0n) is 17.8. The first-order valence-electron chi connectivity index (χ1n) is 9.98. The van der Waals surface area contributed by atoms with Crippen LogP contribution in [-0.2, 0) is 32.1 Å². The number of nitrogens with two attached hydrogens (primary N) is 2. The second-order valence-corrected chi connectivity index (χ2v) is 9.44. The molecular weight excluding hydrogens is 500 g/mol. The second-order valence-electron chi connectivity index (χ2n) is 7.55. The Morgan fingerprint density at radius 3 is 2.77 bits per heavy atom. The molecule has 14 nitrogen and oxygen atoms in total. The number of thioether (sulfide) groups is 1. The van der Waals surface area contributed by atoms with Crippen molar-refractivity contribution in [1.29, 1.82) is 0 Å². The molecule has 1 saturated heterocycles. The fourth-order valence-electron chi connectivity index (χ4n) is 3.74. The van der Waals surface area contributed by atoms with Crippen molar-refractivity contribution in [1.82, 2.24) is 19.6 Å². The molecule has 0 radical (unpaired) electrons. The number of hydrogen-bond acceptors (Lipinski definition) is 11. The van der Waals surface area contributed by atoms with Gasteiger partial charge in [0.1, 0.15) is 17.1 Å². The molecule has 2 aromatic heterocycles. The number of carboxylic acids is 1. The Labute approximate surface area is 205 Å². The lowest BCUT2D eigenvalue weighted by molar-refractivity contribution is -0.689. The number of nitrogens with one attached hydrogen (secondary N) is 1.